The summed E-state index contributed by atoms with van der Waals surface area (Å²) >= 11 is 0. The average Bonchev–Trinajstić information content (AvgIpc) is 2.70. The fraction of sp³-hybridized carbons (Fsp3) is 0.938. The van der Waals surface area contributed by atoms with Gasteiger partial charge in [0, 0.05) is 25.4 Å². The van der Waals surface area contributed by atoms with Crippen LogP contribution in [0.4, 0.5) is 0 Å². The number of carbonyl (C=O) groups excluding carboxylic acids is 1. The van der Waals surface area contributed by atoms with Crippen LogP contribution in [0.5, 0.6) is 0 Å². The molecule has 1 saturated carbocycles. The second kappa shape index (κ2) is 4.90. The van der Waals surface area contributed by atoms with Gasteiger partial charge in [-0.2, -0.15) is 0 Å². The molecule has 0 radical (unpaired) electrons. The molecular weight excluding hydrogens is 288 g/mol. The SMILES string of the molecule is COC[C@H]1C(=O)O[C@@H]2O[C@]3(C)CC[C@H]4[C@H](C)CC[C@@H]1[C@@]24OO3. The summed E-state index contributed by atoms with van der Waals surface area (Å²) in [7, 11) is 1.61. The van der Waals surface area contributed by atoms with Crippen LogP contribution >= 0.6 is 0 Å². The summed E-state index contributed by atoms with van der Waals surface area (Å²) in [6.45, 7) is 4.45. The van der Waals surface area contributed by atoms with Crippen molar-refractivity contribution >= 4 is 5.97 Å². The van der Waals surface area contributed by atoms with E-state index in [2.05, 4.69) is 6.92 Å². The standard InChI is InChI=1S/C16H24O6/c1-9-4-5-12-10(8-18-3)13(17)19-14-16(12)11(9)6-7-15(2,20-14)21-22-16/h9-12,14H,4-8H2,1-3H3/t9-,10-,11+,12+,14-,15+,16-/m1/s1. The summed E-state index contributed by atoms with van der Waals surface area (Å²) in [5, 5.41) is 0. The number of hydrogen-bond donors (Lipinski definition) is 0. The fourth-order valence-electron chi connectivity index (χ4n) is 4.98. The van der Waals surface area contributed by atoms with Crippen molar-refractivity contribution in [3.05, 3.63) is 0 Å². The van der Waals surface area contributed by atoms with Gasteiger partial charge in [-0.3, -0.25) is 4.79 Å². The Morgan fingerprint density at radius 2 is 2.05 bits per heavy atom. The molecule has 2 bridgehead atoms. The highest BCUT2D eigenvalue weighted by Crippen LogP contribution is 2.59. The van der Waals surface area contributed by atoms with E-state index in [0.29, 0.717) is 12.5 Å². The molecule has 6 nitrogen and oxygen atoms in total. The average molecular weight is 312 g/mol. The van der Waals surface area contributed by atoms with E-state index in [1.54, 1.807) is 7.11 Å². The van der Waals surface area contributed by atoms with Crippen LogP contribution < -0.4 is 0 Å². The molecule has 124 valence electrons. The molecule has 4 aliphatic heterocycles. The molecule has 1 aliphatic carbocycles. The molecule has 7 atom stereocenters. The van der Waals surface area contributed by atoms with Crippen LogP contribution in [0, 0.1) is 23.7 Å². The van der Waals surface area contributed by atoms with Gasteiger partial charge in [0.2, 0.25) is 12.1 Å². The third-order valence-electron chi connectivity index (χ3n) is 6.13. The van der Waals surface area contributed by atoms with Gasteiger partial charge in [-0.15, -0.1) is 0 Å². The van der Waals surface area contributed by atoms with E-state index in [1.165, 1.54) is 0 Å². The Hall–Kier alpha value is -0.690. The first kappa shape index (κ1) is 14.9. The van der Waals surface area contributed by atoms with Gasteiger partial charge in [0.15, 0.2) is 5.60 Å². The third kappa shape index (κ3) is 1.84. The maximum Gasteiger partial charge on any atom is 0.314 e. The van der Waals surface area contributed by atoms with Crippen molar-refractivity contribution in [2.24, 2.45) is 23.7 Å². The van der Waals surface area contributed by atoms with Gasteiger partial charge in [0.1, 0.15) is 0 Å². The summed E-state index contributed by atoms with van der Waals surface area (Å²) in [5.74, 6) is -0.602. The number of fused-ring (bicyclic) bond motifs is 2. The zero-order valence-electron chi connectivity index (χ0n) is 13.4. The second-order valence-electron chi connectivity index (χ2n) is 7.41. The Balaban J connectivity index is 1.79. The highest BCUT2D eigenvalue weighted by atomic mass is 17.3. The summed E-state index contributed by atoms with van der Waals surface area (Å²) in [4.78, 5) is 24.1. The number of carbonyl (C=O) groups is 1. The number of methoxy groups -OCH3 is 1. The first-order valence-corrected chi connectivity index (χ1v) is 8.24. The summed E-state index contributed by atoms with van der Waals surface area (Å²) in [6.07, 6.45) is 3.02. The Morgan fingerprint density at radius 3 is 2.82 bits per heavy atom. The fourth-order valence-corrected chi connectivity index (χ4v) is 4.98. The highest BCUT2D eigenvalue weighted by Gasteiger charge is 2.70. The molecule has 5 aliphatic rings. The molecule has 0 aromatic heterocycles. The molecule has 0 aromatic rings. The Morgan fingerprint density at radius 1 is 1.23 bits per heavy atom. The van der Waals surface area contributed by atoms with Crippen molar-refractivity contribution in [3.8, 4) is 0 Å². The minimum Gasteiger partial charge on any atom is -0.432 e. The Bertz CT molecular complexity index is 481. The predicted octanol–water partition coefficient (Wildman–Crippen LogP) is 2.02. The number of esters is 1. The number of rotatable bonds is 2. The summed E-state index contributed by atoms with van der Waals surface area (Å²) in [5.41, 5.74) is -0.690. The lowest BCUT2D eigenvalue weighted by Gasteiger charge is -2.58. The van der Waals surface area contributed by atoms with Crippen LogP contribution in [0.2, 0.25) is 0 Å². The monoisotopic (exact) mass is 312 g/mol. The van der Waals surface area contributed by atoms with Crippen LogP contribution in [-0.4, -0.2) is 37.4 Å². The molecule has 0 unspecified atom stereocenters. The maximum atomic E-state index is 12.4. The van der Waals surface area contributed by atoms with Crippen molar-refractivity contribution in [1.82, 2.24) is 0 Å². The molecular formula is C16H24O6. The lowest BCUT2D eigenvalue weighted by atomic mass is 9.58. The molecule has 5 fully saturated rings. The van der Waals surface area contributed by atoms with Crippen molar-refractivity contribution in [2.75, 3.05) is 13.7 Å². The molecule has 5 rings (SSSR count). The van der Waals surface area contributed by atoms with Gasteiger partial charge < -0.3 is 14.2 Å². The highest BCUT2D eigenvalue weighted by molar-refractivity contribution is 5.74. The number of ether oxygens (including phenoxy) is 3. The zero-order chi connectivity index (χ0) is 15.5. The minimum absolute atomic E-state index is 0.0162. The topological polar surface area (TPSA) is 63.2 Å². The predicted molar refractivity (Wildman–Crippen MR) is 74.2 cm³/mol. The maximum absolute atomic E-state index is 12.4. The summed E-state index contributed by atoms with van der Waals surface area (Å²) in [6, 6.07) is 0. The van der Waals surface area contributed by atoms with E-state index >= 15 is 0 Å². The molecule has 4 heterocycles. The molecule has 6 heteroatoms. The first-order valence-electron chi connectivity index (χ1n) is 8.24. The van der Waals surface area contributed by atoms with Crippen LogP contribution in [0.15, 0.2) is 0 Å². The molecule has 22 heavy (non-hydrogen) atoms. The zero-order valence-corrected chi connectivity index (χ0v) is 13.4. The normalized spacial score (nSPS) is 53.6. The van der Waals surface area contributed by atoms with Gasteiger partial charge in [-0.1, -0.05) is 6.92 Å². The largest absolute Gasteiger partial charge is 0.432 e. The van der Waals surface area contributed by atoms with Crippen LogP contribution in [0.25, 0.3) is 0 Å². The quantitative estimate of drug-likeness (QED) is 0.574. The minimum atomic E-state index is -0.827. The molecule has 0 amide bonds. The smallest absolute Gasteiger partial charge is 0.314 e. The van der Waals surface area contributed by atoms with Crippen LogP contribution in [0.1, 0.15) is 39.5 Å². The van der Waals surface area contributed by atoms with Crippen molar-refractivity contribution in [2.45, 2.75) is 57.2 Å². The molecule has 4 saturated heterocycles. The van der Waals surface area contributed by atoms with E-state index in [-0.39, 0.29) is 23.7 Å². The Kier molecular flexibility index (Phi) is 3.31. The van der Waals surface area contributed by atoms with Gasteiger partial charge in [-0.05, 0) is 32.1 Å². The van der Waals surface area contributed by atoms with E-state index in [9.17, 15) is 4.79 Å². The molecule has 0 N–H and O–H groups in total. The lowest BCUT2D eigenvalue weighted by molar-refractivity contribution is -0.559. The molecule has 1 spiro atoms. The first-order chi connectivity index (χ1) is 10.5. The van der Waals surface area contributed by atoms with E-state index in [0.717, 1.165) is 25.7 Å². The number of hydrogen-bond acceptors (Lipinski definition) is 6. The van der Waals surface area contributed by atoms with Gasteiger partial charge in [0.25, 0.3) is 0 Å². The Labute approximate surface area is 130 Å². The van der Waals surface area contributed by atoms with E-state index < -0.39 is 17.7 Å². The van der Waals surface area contributed by atoms with E-state index in [1.807, 2.05) is 6.92 Å². The molecule has 0 aromatic carbocycles. The van der Waals surface area contributed by atoms with Crippen LogP contribution in [-0.2, 0) is 28.8 Å². The van der Waals surface area contributed by atoms with Crippen molar-refractivity contribution in [3.63, 3.8) is 0 Å². The lowest BCUT2D eigenvalue weighted by Crippen LogP contribution is -2.70. The van der Waals surface area contributed by atoms with Gasteiger partial charge in [-0.25, -0.2) is 9.78 Å². The van der Waals surface area contributed by atoms with Gasteiger partial charge in [0.05, 0.1) is 12.5 Å². The second-order valence-corrected chi connectivity index (χ2v) is 7.41. The summed E-state index contributed by atoms with van der Waals surface area (Å²) < 4.78 is 17.0. The van der Waals surface area contributed by atoms with Crippen LogP contribution in [0.3, 0.4) is 0 Å². The third-order valence-corrected chi connectivity index (χ3v) is 6.13. The van der Waals surface area contributed by atoms with Crippen molar-refractivity contribution in [1.29, 1.82) is 0 Å². The van der Waals surface area contributed by atoms with Crippen molar-refractivity contribution < 1.29 is 28.8 Å². The van der Waals surface area contributed by atoms with Gasteiger partial charge >= 0.3 is 5.97 Å². The van der Waals surface area contributed by atoms with E-state index in [4.69, 9.17) is 24.0 Å².